The lowest BCUT2D eigenvalue weighted by Crippen LogP contribution is -1.72. The first kappa shape index (κ1) is 9.69. The van der Waals surface area contributed by atoms with Crippen LogP contribution in [-0.4, -0.2) is 0 Å². The average Bonchev–Trinajstić information content (AvgIpc) is 2.06. The fraction of sp³-hybridized carbons (Fsp3) is 0.200. The Labute approximate surface area is 82.6 Å². The van der Waals surface area contributed by atoms with Crippen LogP contribution in [-0.2, 0) is 0 Å². The molecule has 0 unspecified atom stereocenters. The van der Waals surface area contributed by atoms with Gasteiger partial charge in [0, 0.05) is 14.8 Å². The van der Waals surface area contributed by atoms with Gasteiger partial charge in [0.25, 0.3) is 0 Å². The predicted molar refractivity (Wildman–Crippen MR) is 56.5 cm³/mol. The fourth-order valence-corrected chi connectivity index (χ4v) is 1.64. The molecule has 1 aromatic carbocycles. The minimum atomic E-state index is 0.865. The largest absolute Gasteiger partial charge is 0.0937 e. The van der Waals surface area contributed by atoms with Crippen LogP contribution in [0.3, 0.4) is 0 Å². The summed E-state index contributed by atoms with van der Waals surface area (Å²) in [4.78, 5) is 2.39. The third kappa shape index (κ3) is 2.92. The zero-order valence-electron chi connectivity index (χ0n) is 7.17. The molecule has 0 spiro atoms. The van der Waals surface area contributed by atoms with E-state index >= 15 is 0 Å². The van der Waals surface area contributed by atoms with Crippen LogP contribution in [0.15, 0.2) is 45.2 Å². The van der Waals surface area contributed by atoms with E-state index in [0.29, 0.717) is 0 Å². The summed E-state index contributed by atoms with van der Waals surface area (Å²) in [6.45, 7) is 3.94. The topological polar surface area (TPSA) is 0 Å². The molecule has 0 aliphatic carbocycles. The maximum Gasteiger partial charge on any atom is 0.0245 e. The molecular formula is C10H11ClS. The monoisotopic (exact) mass is 198 g/mol. The van der Waals surface area contributed by atoms with Gasteiger partial charge in [-0.3, -0.25) is 0 Å². The normalized spacial score (nSPS) is 12.6. The third-order valence-electron chi connectivity index (χ3n) is 1.50. The summed E-state index contributed by atoms with van der Waals surface area (Å²) in [5.74, 6) is 0. The summed E-state index contributed by atoms with van der Waals surface area (Å²) in [5.41, 5.74) is 0. The summed E-state index contributed by atoms with van der Waals surface area (Å²) >= 11 is 7.54. The van der Waals surface area contributed by atoms with E-state index in [1.165, 1.54) is 4.90 Å². The zero-order chi connectivity index (χ0) is 8.97. The number of hydrogen-bond donors (Lipinski definition) is 0. The molecule has 0 bridgehead atoms. The first-order valence-electron chi connectivity index (χ1n) is 3.76. The van der Waals surface area contributed by atoms with Crippen LogP contribution < -0.4 is 0 Å². The van der Waals surface area contributed by atoms with E-state index in [2.05, 4.69) is 12.1 Å². The Hall–Kier alpha value is -0.400. The lowest BCUT2D eigenvalue weighted by atomic mass is 10.4. The highest BCUT2D eigenvalue weighted by molar-refractivity contribution is 8.03. The zero-order valence-corrected chi connectivity index (χ0v) is 8.75. The average molecular weight is 199 g/mol. The lowest BCUT2D eigenvalue weighted by Gasteiger charge is -2.01. The van der Waals surface area contributed by atoms with Crippen molar-refractivity contribution >= 4 is 23.4 Å². The van der Waals surface area contributed by atoms with Crippen molar-refractivity contribution in [3.8, 4) is 0 Å². The van der Waals surface area contributed by atoms with Crippen molar-refractivity contribution in [2.24, 2.45) is 0 Å². The van der Waals surface area contributed by atoms with Crippen LogP contribution in [0.1, 0.15) is 13.8 Å². The van der Waals surface area contributed by atoms with Crippen molar-refractivity contribution in [3.63, 3.8) is 0 Å². The molecule has 2 heteroatoms. The van der Waals surface area contributed by atoms with Gasteiger partial charge in [0.15, 0.2) is 0 Å². The van der Waals surface area contributed by atoms with Gasteiger partial charge in [0.1, 0.15) is 0 Å². The van der Waals surface area contributed by atoms with E-state index in [-0.39, 0.29) is 0 Å². The van der Waals surface area contributed by atoms with Crippen molar-refractivity contribution in [2.45, 2.75) is 18.7 Å². The van der Waals surface area contributed by atoms with Gasteiger partial charge in [-0.05, 0) is 26.0 Å². The van der Waals surface area contributed by atoms with Gasteiger partial charge < -0.3 is 0 Å². The Bertz CT molecular complexity index is 273. The van der Waals surface area contributed by atoms with Crippen molar-refractivity contribution in [3.05, 3.63) is 40.3 Å². The molecule has 0 atom stereocenters. The molecule has 0 nitrogen and oxygen atoms in total. The molecule has 0 saturated heterocycles. The fourth-order valence-electron chi connectivity index (χ4n) is 0.736. The maximum absolute atomic E-state index is 5.84. The third-order valence-corrected chi connectivity index (χ3v) is 3.02. The van der Waals surface area contributed by atoms with E-state index in [1.807, 2.05) is 32.0 Å². The van der Waals surface area contributed by atoms with Crippen LogP contribution in [0.2, 0.25) is 0 Å². The SMILES string of the molecule is C/C(Cl)=C(/C)Sc1ccccc1. The van der Waals surface area contributed by atoms with E-state index in [4.69, 9.17) is 11.6 Å². The molecule has 0 saturated carbocycles. The van der Waals surface area contributed by atoms with Gasteiger partial charge in [0.05, 0.1) is 0 Å². The standard InChI is InChI=1S/C10H11ClS/c1-8(11)9(2)12-10-6-4-3-5-7-10/h3-7H,1-2H3/b9-8+. The highest BCUT2D eigenvalue weighted by atomic mass is 35.5. The molecule has 0 radical (unpaired) electrons. The van der Waals surface area contributed by atoms with Crippen LogP contribution in [0, 0.1) is 0 Å². The highest BCUT2D eigenvalue weighted by Crippen LogP contribution is 2.28. The van der Waals surface area contributed by atoms with Crippen molar-refractivity contribution in [1.82, 2.24) is 0 Å². The molecule has 0 amide bonds. The lowest BCUT2D eigenvalue weighted by molar-refractivity contribution is 1.45. The van der Waals surface area contributed by atoms with Crippen LogP contribution in [0.4, 0.5) is 0 Å². The van der Waals surface area contributed by atoms with Gasteiger partial charge in [-0.25, -0.2) is 0 Å². The van der Waals surface area contributed by atoms with Gasteiger partial charge in [-0.1, -0.05) is 41.6 Å². The summed E-state index contributed by atoms with van der Waals surface area (Å²) < 4.78 is 0. The molecular weight excluding hydrogens is 188 g/mol. The molecule has 1 aromatic rings. The molecule has 0 aliphatic rings. The maximum atomic E-state index is 5.84. The Balaban J connectivity index is 2.72. The van der Waals surface area contributed by atoms with Crippen LogP contribution in [0.5, 0.6) is 0 Å². The van der Waals surface area contributed by atoms with Crippen molar-refractivity contribution in [1.29, 1.82) is 0 Å². The molecule has 1 rings (SSSR count). The van der Waals surface area contributed by atoms with Crippen LogP contribution >= 0.6 is 23.4 Å². The molecule has 12 heavy (non-hydrogen) atoms. The number of allylic oxidation sites excluding steroid dienone is 2. The Morgan fingerprint density at radius 3 is 2.25 bits per heavy atom. The van der Waals surface area contributed by atoms with Gasteiger partial charge in [0.2, 0.25) is 0 Å². The Morgan fingerprint density at radius 2 is 1.75 bits per heavy atom. The second kappa shape index (κ2) is 4.58. The molecule has 64 valence electrons. The van der Waals surface area contributed by atoms with E-state index in [0.717, 1.165) is 9.94 Å². The summed E-state index contributed by atoms with van der Waals surface area (Å²) in [6, 6.07) is 10.2. The molecule has 0 aromatic heterocycles. The van der Waals surface area contributed by atoms with Crippen molar-refractivity contribution < 1.29 is 0 Å². The summed E-state index contributed by atoms with van der Waals surface area (Å²) in [6.07, 6.45) is 0. The second-order valence-corrected chi connectivity index (χ2v) is 4.36. The first-order chi connectivity index (χ1) is 5.70. The van der Waals surface area contributed by atoms with Gasteiger partial charge in [-0.2, -0.15) is 0 Å². The quantitative estimate of drug-likeness (QED) is 0.640. The highest BCUT2D eigenvalue weighted by Gasteiger charge is 1.96. The summed E-state index contributed by atoms with van der Waals surface area (Å²) in [7, 11) is 0. The number of rotatable bonds is 2. The Morgan fingerprint density at radius 1 is 1.17 bits per heavy atom. The minimum Gasteiger partial charge on any atom is -0.0937 e. The smallest absolute Gasteiger partial charge is 0.0245 e. The van der Waals surface area contributed by atoms with Gasteiger partial charge in [-0.15, -0.1) is 0 Å². The number of halogens is 1. The second-order valence-electron chi connectivity index (χ2n) is 2.50. The minimum absolute atomic E-state index is 0.865. The number of hydrogen-bond acceptors (Lipinski definition) is 1. The van der Waals surface area contributed by atoms with E-state index in [9.17, 15) is 0 Å². The van der Waals surface area contributed by atoms with Crippen molar-refractivity contribution in [2.75, 3.05) is 0 Å². The number of thioether (sulfide) groups is 1. The molecule has 0 fully saturated rings. The van der Waals surface area contributed by atoms with Gasteiger partial charge >= 0.3 is 0 Å². The molecule has 0 heterocycles. The predicted octanol–water partition coefficient (Wildman–Crippen LogP) is 4.27. The molecule has 0 N–H and O–H groups in total. The van der Waals surface area contributed by atoms with E-state index < -0.39 is 0 Å². The first-order valence-corrected chi connectivity index (χ1v) is 4.95. The van der Waals surface area contributed by atoms with Crippen LogP contribution in [0.25, 0.3) is 0 Å². The van der Waals surface area contributed by atoms with E-state index in [1.54, 1.807) is 11.8 Å². The summed E-state index contributed by atoms with van der Waals surface area (Å²) in [5, 5.41) is 0.865. The Kier molecular flexibility index (Phi) is 3.70. The number of benzene rings is 1. The molecule has 0 aliphatic heterocycles.